The SMILES string of the molecule is C=C(c1ccccc1N=Cc1ccco1)C(F)(F)F. The van der Waals surface area contributed by atoms with Crippen LogP contribution in [0.2, 0.25) is 0 Å². The molecule has 5 heteroatoms. The second-order valence-corrected chi connectivity index (χ2v) is 3.77. The van der Waals surface area contributed by atoms with Crippen molar-refractivity contribution < 1.29 is 17.6 Å². The first-order valence-corrected chi connectivity index (χ1v) is 5.41. The number of hydrogen-bond donors (Lipinski definition) is 0. The fourth-order valence-electron chi connectivity index (χ4n) is 1.49. The Morgan fingerprint density at radius 3 is 2.53 bits per heavy atom. The molecule has 1 aromatic carbocycles. The average Bonchev–Trinajstić information content (AvgIpc) is 2.88. The molecule has 2 nitrogen and oxygen atoms in total. The number of para-hydroxylation sites is 1. The maximum atomic E-state index is 12.7. The molecule has 0 saturated carbocycles. The highest BCUT2D eigenvalue weighted by molar-refractivity contribution is 5.83. The largest absolute Gasteiger partial charge is 0.463 e. The summed E-state index contributed by atoms with van der Waals surface area (Å²) in [6, 6.07) is 9.28. The quantitative estimate of drug-likeness (QED) is 0.744. The summed E-state index contributed by atoms with van der Waals surface area (Å²) in [6.07, 6.45) is -1.65. The lowest BCUT2D eigenvalue weighted by molar-refractivity contribution is -0.0686. The average molecular weight is 265 g/mol. The van der Waals surface area contributed by atoms with Crippen molar-refractivity contribution in [3.63, 3.8) is 0 Å². The zero-order valence-corrected chi connectivity index (χ0v) is 9.82. The third kappa shape index (κ3) is 3.13. The van der Waals surface area contributed by atoms with Gasteiger partial charge in [0.1, 0.15) is 5.76 Å². The van der Waals surface area contributed by atoms with Crippen molar-refractivity contribution in [3.05, 3.63) is 60.6 Å². The molecule has 0 radical (unpaired) electrons. The maximum absolute atomic E-state index is 12.7. The Morgan fingerprint density at radius 1 is 1.16 bits per heavy atom. The number of aliphatic imine (C=N–C) groups is 1. The molecule has 0 aliphatic rings. The first-order valence-electron chi connectivity index (χ1n) is 5.41. The van der Waals surface area contributed by atoms with E-state index in [2.05, 4.69) is 11.6 Å². The monoisotopic (exact) mass is 265 g/mol. The zero-order chi connectivity index (χ0) is 13.9. The van der Waals surface area contributed by atoms with Crippen molar-refractivity contribution in [1.29, 1.82) is 0 Å². The Labute approximate surface area is 107 Å². The molecule has 0 aliphatic carbocycles. The van der Waals surface area contributed by atoms with Gasteiger partial charge in [0.15, 0.2) is 0 Å². The predicted octanol–water partition coefficient (Wildman–Crippen LogP) is 4.61. The minimum Gasteiger partial charge on any atom is -0.463 e. The van der Waals surface area contributed by atoms with Gasteiger partial charge in [0.2, 0.25) is 0 Å². The Hall–Kier alpha value is -2.30. The summed E-state index contributed by atoms with van der Waals surface area (Å²) in [7, 11) is 0. The molecule has 0 saturated heterocycles. The summed E-state index contributed by atoms with van der Waals surface area (Å²) in [5.41, 5.74) is -0.765. The smallest absolute Gasteiger partial charge is 0.416 e. The van der Waals surface area contributed by atoms with Crippen LogP contribution in [0.5, 0.6) is 0 Å². The van der Waals surface area contributed by atoms with Crippen LogP contribution in [-0.2, 0) is 0 Å². The Bertz CT molecular complexity index is 597. The van der Waals surface area contributed by atoms with E-state index < -0.39 is 11.7 Å². The van der Waals surface area contributed by atoms with Crippen LogP contribution in [0, 0.1) is 0 Å². The van der Waals surface area contributed by atoms with E-state index in [0.717, 1.165) is 0 Å². The second kappa shape index (κ2) is 5.14. The van der Waals surface area contributed by atoms with E-state index in [1.165, 1.54) is 30.7 Å². The number of alkyl halides is 3. The lowest BCUT2D eigenvalue weighted by Gasteiger charge is -2.11. The van der Waals surface area contributed by atoms with Gasteiger partial charge in [-0.05, 0) is 18.2 Å². The number of benzene rings is 1. The van der Waals surface area contributed by atoms with Crippen LogP contribution in [-0.4, -0.2) is 12.4 Å². The molecular formula is C14H10F3NO. The molecule has 0 bridgehead atoms. The standard InChI is InChI=1S/C14H10F3NO/c1-10(14(15,16)17)12-6-2-3-7-13(12)18-9-11-5-4-8-19-11/h2-9H,1H2. The van der Waals surface area contributed by atoms with Gasteiger partial charge in [-0.1, -0.05) is 24.8 Å². The summed E-state index contributed by atoms with van der Waals surface area (Å²) in [5, 5.41) is 0. The highest BCUT2D eigenvalue weighted by Gasteiger charge is 2.33. The van der Waals surface area contributed by atoms with E-state index in [0.29, 0.717) is 5.76 Å². The normalized spacial score (nSPS) is 11.9. The van der Waals surface area contributed by atoms with Crippen molar-refractivity contribution in [2.45, 2.75) is 6.18 Å². The van der Waals surface area contributed by atoms with Gasteiger partial charge < -0.3 is 4.42 Å². The van der Waals surface area contributed by atoms with Crippen LogP contribution >= 0.6 is 0 Å². The van der Waals surface area contributed by atoms with Crippen molar-refractivity contribution >= 4 is 17.5 Å². The number of allylic oxidation sites excluding steroid dienone is 1. The van der Waals surface area contributed by atoms with Gasteiger partial charge in [-0.2, -0.15) is 13.2 Å². The van der Waals surface area contributed by atoms with Crippen LogP contribution in [0.4, 0.5) is 18.9 Å². The molecule has 2 aromatic rings. The van der Waals surface area contributed by atoms with Crippen molar-refractivity contribution in [1.82, 2.24) is 0 Å². The molecule has 0 atom stereocenters. The maximum Gasteiger partial charge on any atom is 0.416 e. The molecule has 19 heavy (non-hydrogen) atoms. The van der Waals surface area contributed by atoms with Gasteiger partial charge >= 0.3 is 6.18 Å². The molecule has 0 spiro atoms. The third-order valence-electron chi connectivity index (χ3n) is 2.45. The van der Waals surface area contributed by atoms with Crippen LogP contribution in [0.15, 0.2) is 58.6 Å². The molecule has 0 amide bonds. The van der Waals surface area contributed by atoms with Crippen molar-refractivity contribution in [2.75, 3.05) is 0 Å². The Morgan fingerprint density at radius 2 is 1.89 bits per heavy atom. The number of nitrogens with zero attached hydrogens (tertiary/aromatic N) is 1. The molecule has 98 valence electrons. The number of halogens is 3. The molecule has 0 aliphatic heterocycles. The highest BCUT2D eigenvalue weighted by atomic mass is 19.4. The first kappa shape index (κ1) is 13.1. The Kier molecular flexibility index (Phi) is 3.55. The predicted molar refractivity (Wildman–Crippen MR) is 67.5 cm³/mol. The van der Waals surface area contributed by atoms with Gasteiger partial charge in [-0.25, -0.2) is 0 Å². The van der Waals surface area contributed by atoms with E-state index in [1.807, 2.05) is 0 Å². The molecule has 0 fully saturated rings. The van der Waals surface area contributed by atoms with E-state index in [1.54, 1.807) is 18.2 Å². The second-order valence-electron chi connectivity index (χ2n) is 3.77. The lowest BCUT2D eigenvalue weighted by Crippen LogP contribution is -2.09. The van der Waals surface area contributed by atoms with Crippen LogP contribution in [0.3, 0.4) is 0 Å². The first-order chi connectivity index (χ1) is 8.98. The summed E-state index contributed by atoms with van der Waals surface area (Å²) >= 11 is 0. The van der Waals surface area contributed by atoms with Crippen molar-refractivity contribution in [2.24, 2.45) is 4.99 Å². The molecule has 0 N–H and O–H groups in total. The van der Waals surface area contributed by atoms with Gasteiger partial charge in [0.25, 0.3) is 0 Å². The molecule has 1 heterocycles. The zero-order valence-electron chi connectivity index (χ0n) is 9.82. The van der Waals surface area contributed by atoms with Crippen LogP contribution < -0.4 is 0 Å². The van der Waals surface area contributed by atoms with E-state index in [9.17, 15) is 13.2 Å². The van der Waals surface area contributed by atoms with Gasteiger partial charge in [-0.15, -0.1) is 0 Å². The fourth-order valence-corrected chi connectivity index (χ4v) is 1.49. The topological polar surface area (TPSA) is 25.5 Å². The summed E-state index contributed by atoms with van der Waals surface area (Å²) in [5.74, 6) is 0.465. The minimum atomic E-state index is -4.48. The number of hydrogen-bond acceptors (Lipinski definition) is 2. The minimum absolute atomic E-state index is 0.0437. The Balaban J connectivity index is 2.34. The van der Waals surface area contributed by atoms with E-state index in [4.69, 9.17) is 4.42 Å². The van der Waals surface area contributed by atoms with E-state index in [-0.39, 0.29) is 11.3 Å². The summed E-state index contributed by atoms with van der Waals surface area (Å²) in [4.78, 5) is 4.00. The van der Waals surface area contributed by atoms with Gasteiger partial charge in [-0.3, -0.25) is 4.99 Å². The van der Waals surface area contributed by atoms with Crippen LogP contribution in [0.1, 0.15) is 11.3 Å². The highest BCUT2D eigenvalue weighted by Crippen LogP contribution is 2.36. The number of rotatable bonds is 3. The van der Waals surface area contributed by atoms with Crippen LogP contribution in [0.25, 0.3) is 5.57 Å². The van der Waals surface area contributed by atoms with Gasteiger partial charge in [0, 0.05) is 5.56 Å². The lowest BCUT2D eigenvalue weighted by atomic mass is 10.1. The van der Waals surface area contributed by atoms with Crippen molar-refractivity contribution in [3.8, 4) is 0 Å². The fraction of sp³-hybridized carbons (Fsp3) is 0.0714. The van der Waals surface area contributed by atoms with E-state index >= 15 is 0 Å². The van der Waals surface area contributed by atoms with Gasteiger partial charge in [0.05, 0.1) is 23.7 Å². The molecule has 1 aromatic heterocycles. The summed E-state index contributed by atoms with van der Waals surface area (Å²) in [6.45, 7) is 3.08. The number of furan rings is 1. The summed E-state index contributed by atoms with van der Waals surface area (Å²) < 4.78 is 43.0. The third-order valence-corrected chi connectivity index (χ3v) is 2.45. The molecule has 0 unspecified atom stereocenters. The molecule has 2 rings (SSSR count). The molecular weight excluding hydrogens is 255 g/mol.